The molecule has 20 heavy (non-hydrogen) atoms. The van der Waals surface area contributed by atoms with E-state index < -0.39 is 11.7 Å². The maximum atomic E-state index is 12.6. The van der Waals surface area contributed by atoms with Crippen molar-refractivity contribution in [3.8, 4) is 0 Å². The van der Waals surface area contributed by atoms with Crippen molar-refractivity contribution in [3.63, 3.8) is 0 Å². The Labute approximate surface area is 116 Å². The highest BCUT2D eigenvalue weighted by Gasteiger charge is 2.37. The highest BCUT2D eigenvalue weighted by Crippen LogP contribution is 2.38. The van der Waals surface area contributed by atoms with E-state index in [2.05, 4.69) is 11.8 Å². The Hall–Kier alpha value is -1.07. The number of fused-ring (bicyclic) bond motifs is 1. The molecule has 0 amide bonds. The van der Waals surface area contributed by atoms with E-state index in [9.17, 15) is 13.2 Å². The highest BCUT2D eigenvalue weighted by atomic mass is 19.4. The number of alkyl halides is 3. The zero-order valence-electron chi connectivity index (χ0n) is 11.4. The minimum atomic E-state index is -4.28. The molecular weight excluding hydrogens is 267 g/mol. The first-order chi connectivity index (χ1) is 9.45. The first kappa shape index (κ1) is 13.9. The fourth-order valence-electron chi connectivity index (χ4n) is 3.20. The summed E-state index contributed by atoms with van der Waals surface area (Å²) < 4.78 is 43.8. The molecule has 110 valence electrons. The maximum Gasteiger partial charge on any atom is 0.416 e. The SMILES string of the molecule is CC1CN2CCCC2OC1c1ccc(C(F)(F)F)cc1. The summed E-state index contributed by atoms with van der Waals surface area (Å²) in [6, 6.07) is 5.39. The first-order valence-electron chi connectivity index (χ1n) is 7.02. The van der Waals surface area contributed by atoms with E-state index >= 15 is 0 Å². The zero-order valence-corrected chi connectivity index (χ0v) is 11.4. The summed E-state index contributed by atoms with van der Waals surface area (Å²) in [6.07, 6.45) is -2.09. The minimum absolute atomic E-state index is 0.100. The van der Waals surface area contributed by atoms with Gasteiger partial charge in [-0.2, -0.15) is 13.2 Å². The number of nitrogens with zero attached hydrogens (tertiary/aromatic N) is 1. The maximum absolute atomic E-state index is 12.6. The van der Waals surface area contributed by atoms with Gasteiger partial charge in [0.1, 0.15) is 6.23 Å². The Bertz CT molecular complexity index is 471. The fourth-order valence-corrected chi connectivity index (χ4v) is 3.20. The molecule has 0 bridgehead atoms. The van der Waals surface area contributed by atoms with Crippen LogP contribution in [-0.2, 0) is 10.9 Å². The Morgan fingerprint density at radius 2 is 1.90 bits per heavy atom. The quantitative estimate of drug-likeness (QED) is 0.777. The van der Waals surface area contributed by atoms with Gasteiger partial charge in [0.15, 0.2) is 0 Å². The van der Waals surface area contributed by atoms with Gasteiger partial charge in [-0.3, -0.25) is 4.90 Å². The Balaban J connectivity index is 1.78. The third-order valence-corrected chi connectivity index (χ3v) is 4.21. The number of ether oxygens (including phenoxy) is 1. The molecule has 0 radical (unpaired) electrons. The topological polar surface area (TPSA) is 12.5 Å². The molecule has 1 aromatic rings. The van der Waals surface area contributed by atoms with Crippen molar-refractivity contribution in [1.82, 2.24) is 4.90 Å². The molecule has 2 aliphatic rings. The number of halogens is 3. The van der Waals surface area contributed by atoms with E-state index in [0.29, 0.717) is 5.92 Å². The lowest BCUT2D eigenvalue weighted by Gasteiger charge is -2.39. The standard InChI is InChI=1S/C15H18F3NO/c1-10-9-19-8-2-3-13(19)20-14(10)11-4-6-12(7-5-11)15(16,17)18/h4-7,10,13-14H,2-3,8-9H2,1H3. The van der Waals surface area contributed by atoms with Crippen LogP contribution in [0.4, 0.5) is 13.2 Å². The molecule has 2 nitrogen and oxygen atoms in total. The van der Waals surface area contributed by atoms with Crippen LogP contribution in [0.3, 0.4) is 0 Å². The van der Waals surface area contributed by atoms with Gasteiger partial charge in [0.25, 0.3) is 0 Å². The summed E-state index contributed by atoms with van der Waals surface area (Å²) in [4.78, 5) is 2.32. The van der Waals surface area contributed by atoms with E-state index in [1.807, 2.05) is 0 Å². The highest BCUT2D eigenvalue weighted by molar-refractivity contribution is 5.26. The molecule has 2 saturated heterocycles. The summed E-state index contributed by atoms with van der Waals surface area (Å²) in [5.41, 5.74) is 0.240. The second-order valence-corrected chi connectivity index (χ2v) is 5.75. The average molecular weight is 285 g/mol. The summed E-state index contributed by atoms with van der Waals surface area (Å²) in [5.74, 6) is 0.293. The van der Waals surface area contributed by atoms with Gasteiger partial charge in [-0.05, 0) is 36.5 Å². The fraction of sp³-hybridized carbons (Fsp3) is 0.600. The van der Waals surface area contributed by atoms with Gasteiger partial charge < -0.3 is 4.74 Å². The number of benzene rings is 1. The van der Waals surface area contributed by atoms with Crippen LogP contribution in [0.5, 0.6) is 0 Å². The van der Waals surface area contributed by atoms with Gasteiger partial charge in [0.2, 0.25) is 0 Å². The molecule has 3 unspecified atom stereocenters. The van der Waals surface area contributed by atoms with Gasteiger partial charge in [-0.25, -0.2) is 0 Å². The predicted molar refractivity (Wildman–Crippen MR) is 69.0 cm³/mol. The van der Waals surface area contributed by atoms with Crippen LogP contribution in [-0.4, -0.2) is 24.2 Å². The summed E-state index contributed by atoms with van der Waals surface area (Å²) in [6.45, 7) is 4.11. The van der Waals surface area contributed by atoms with Crippen molar-refractivity contribution in [2.75, 3.05) is 13.1 Å². The Morgan fingerprint density at radius 3 is 2.55 bits per heavy atom. The Morgan fingerprint density at radius 1 is 1.20 bits per heavy atom. The molecule has 3 rings (SSSR count). The molecule has 0 spiro atoms. The van der Waals surface area contributed by atoms with Crippen molar-refractivity contribution in [2.45, 2.75) is 38.3 Å². The van der Waals surface area contributed by atoms with Crippen LogP contribution in [0.15, 0.2) is 24.3 Å². The third-order valence-electron chi connectivity index (χ3n) is 4.21. The number of rotatable bonds is 1. The molecule has 1 aromatic carbocycles. The van der Waals surface area contributed by atoms with E-state index in [0.717, 1.165) is 43.6 Å². The molecule has 3 atom stereocenters. The molecule has 2 aliphatic heterocycles. The van der Waals surface area contributed by atoms with Gasteiger partial charge in [-0.1, -0.05) is 19.1 Å². The van der Waals surface area contributed by atoms with Gasteiger partial charge in [0, 0.05) is 13.1 Å². The summed E-state index contributed by atoms with van der Waals surface area (Å²) >= 11 is 0. The molecule has 2 fully saturated rings. The normalized spacial score (nSPS) is 31.3. The monoisotopic (exact) mass is 285 g/mol. The number of hydrogen-bond acceptors (Lipinski definition) is 2. The van der Waals surface area contributed by atoms with Crippen molar-refractivity contribution in [3.05, 3.63) is 35.4 Å². The average Bonchev–Trinajstić information content (AvgIpc) is 2.84. The lowest BCUT2D eigenvalue weighted by atomic mass is 9.94. The second-order valence-electron chi connectivity index (χ2n) is 5.75. The molecule has 5 heteroatoms. The minimum Gasteiger partial charge on any atom is -0.355 e. The van der Waals surface area contributed by atoms with Crippen LogP contribution < -0.4 is 0 Å². The summed E-state index contributed by atoms with van der Waals surface area (Å²) in [7, 11) is 0. The van der Waals surface area contributed by atoms with Crippen molar-refractivity contribution < 1.29 is 17.9 Å². The van der Waals surface area contributed by atoms with Crippen LogP contribution in [0.25, 0.3) is 0 Å². The van der Waals surface area contributed by atoms with Crippen LogP contribution in [0, 0.1) is 5.92 Å². The van der Waals surface area contributed by atoms with Gasteiger partial charge >= 0.3 is 6.18 Å². The van der Waals surface area contributed by atoms with E-state index in [1.165, 1.54) is 0 Å². The van der Waals surface area contributed by atoms with Crippen LogP contribution in [0.2, 0.25) is 0 Å². The molecule has 0 aliphatic carbocycles. The Kier molecular flexibility index (Phi) is 3.50. The zero-order chi connectivity index (χ0) is 14.3. The van der Waals surface area contributed by atoms with E-state index in [-0.39, 0.29) is 12.3 Å². The molecule has 0 saturated carbocycles. The molecular formula is C15H18F3NO. The molecule has 0 aromatic heterocycles. The first-order valence-corrected chi connectivity index (χ1v) is 7.02. The van der Waals surface area contributed by atoms with Gasteiger partial charge in [0.05, 0.1) is 11.7 Å². The number of hydrogen-bond donors (Lipinski definition) is 0. The lowest BCUT2D eigenvalue weighted by Crippen LogP contribution is -2.43. The van der Waals surface area contributed by atoms with Crippen LogP contribution in [0.1, 0.15) is 37.0 Å². The largest absolute Gasteiger partial charge is 0.416 e. The van der Waals surface area contributed by atoms with Crippen LogP contribution >= 0.6 is 0 Å². The van der Waals surface area contributed by atoms with Crippen molar-refractivity contribution in [2.24, 2.45) is 5.92 Å². The lowest BCUT2D eigenvalue weighted by molar-refractivity contribution is -0.148. The van der Waals surface area contributed by atoms with Gasteiger partial charge in [-0.15, -0.1) is 0 Å². The molecule has 2 heterocycles. The third kappa shape index (κ3) is 2.56. The second kappa shape index (κ2) is 5.04. The predicted octanol–water partition coefficient (Wildman–Crippen LogP) is 3.83. The van der Waals surface area contributed by atoms with E-state index in [4.69, 9.17) is 4.74 Å². The molecule has 0 N–H and O–H groups in total. The van der Waals surface area contributed by atoms with E-state index in [1.54, 1.807) is 12.1 Å². The smallest absolute Gasteiger partial charge is 0.355 e. The van der Waals surface area contributed by atoms with Crippen molar-refractivity contribution in [1.29, 1.82) is 0 Å². The van der Waals surface area contributed by atoms with Crippen molar-refractivity contribution >= 4 is 0 Å². The summed E-state index contributed by atoms with van der Waals surface area (Å²) in [5, 5.41) is 0.